The van der Waals surface area contributed by atoms with Gasteiger partial charge in [0.15, 0.2) is 0 Å². The third-order valence-electron chi connectivity index (χ3n) is 2.67. The Balaban J connectivity index is 2.11. The van der Waals surface area contributed by atoms with Crippen molar-refractivity contribution in [2.45, 2.75) is 6.18 Å². The number of nitrogens with one attached hydrogen (secondary N) is 1. The molecule has 2 rings (SSSR count). The quantitative estimate of drug-likeness (QED) is 0.348. The average molecular weight is 352 g/mol. The van der Waals surface area contributed by atoms with Gasteiger partial charge in [-0.2, -0.15) is 18.4 Å². The van der Waals surface area contributed by atoms with E-state index in [9.17, 15) is 13.2 Å². The van der Waals surface area contributed by atoms with Crippen LogP contribution in [0.3, 0.4) is 0 Å². The standard InChI is InChI=1S/C15H9ClF3N5/c16-11-4-6-12(7-5-11)21-23-14(9-20)24-22-13-3-1-2-10(8-13)15(17,18)19/h1-8,22H/b23-21?,24-14+. The summed E-state index contributed by atoms with van der Waals surface area (Å²) >= 11 is 5.73. The van der Waals surface area contributed by atoms with Crippen LogP contribution in [0.4, 0.5) is 24.5 Å². The minimum Gasteiger partial charge on any atom is -0.276 e. The number of benzene rings is 2. The summed E-state index contributed by atoms with van der Waals surface area (Å²) in [5, 5.41) is 20.5. The van der Waals surface area contributed by atoms with Crippen LogP contribution in [0.2, 0.25) is 5.02 Å². The smallest absolute Gasteiger partial charge is 0.276 e. The van der Waals surface area contributed by atoms with Gasteiger partial charge in [-0.05, 0) is 42.5 Å². The zero-order valence-corrected chi connectivity index (χ0v) is 12.7. The van der Waals surface area contributed by atoms with Gasteiger partial charge < -0.3 is 0 Å². The molecule has 2 aromatic rings. The molecule has 0 saturated heterocycles. The minimum atomic E-state index is -4.46. The molecule has 9 heteroatoms. The molecule has 0 aliphatic rings. The summed E-state index contributed by atoms with van der Waals surface area (Å²) in [6.07, 6.45) is -4.46. The Morgan fingerprint density at radius 3 is 2.46 bits per heavy atom. The van der Waals surface area contributed by atoms with E-state index >= 15 is 0 Å². The number of alkyl halides is 3. The SMILES string of the molecule is N#C/C(N=Nc1ccc(Cl)cc1)=N\Nc1cccc(C(F)(F)F)c1. The molecule has 0 unspecified atom stereocenters. The van der Waals surface area contributed by atoms with Crippen LogP contribution in [0.5, 0.6) is 0 Å². The zero-order chi connectivity index (χ0) is 17.6. The first kappa shape index (κ1) is 17.4. The summed E-state index contributed by atoms with van der Waals surface area (Å²) in [6, 6.07) is 12.4. The van der Waals surface area contributed by atoms with E-state index in [1.807, 2.05) is 0 Å². The van der Waals surface area contributed by atoms with E-state index < -0.39 is 11.7 Å². The molecule has 0 spiro atoms. The Bertz CT molecular complexity index is 807. The van der Waals surface area contributed by atoms with Crippen molar-refractivity contribution in [1.82, 2.24) is 0 Å². The number of azo groups is 1. The van der Waals surface area contributed by atoms with E-state index in [0.717, 1.165) is 12.1 Å². The van der Waals surface area contributed by atoms with Crippen molar-refractivity contribution in [2.24, 2.45) is 15.3 Å². The highest BCUT2D eigenvalue weighted by Crippen LogP contribution is 2.30. The largest absolute Gasteiger partial charge is 0.416 e. The van der Waals surface area contributed by atoms with E-state index in [2.05, 4.69) is 20.8 Å². The minimum absolute atomic E-state index is 0.0688. The fourth-order valence-electron chi connectivity index (χ4n) is 1.57. The van der Waals surface area contributed by atoms with Gasteiger partial charge in [0.2, 0.25) is 0 Å². The molecule has 0 radical (unpaired) electrons. The van der Waals surface area contributed by atoms with Crippen molar-refractivity contribution < 1.29 is 13.2 Å². The third kappa shape index (κ3) is 5.07. The highest BCUT2D eigenvalue weighted by molar-refractivity contribution is 6.30. The maximum absolute atomic E-state index is 12.6. The number of hydrogen-bond acceptors (Lipinski definition) is 4. The van der Waals surface area contributed by atoms with E-state index in [4.69, 9.17) is 16.9 Å². The van der Waals surface area contributed by atoms with Crippen LogP contribution in [-0.4, -0.2) is 5.84 Å². The Kier molecular flexibility index (Phi) is 5.50. The Labute approximate surface area is 140 Å². The van der Waals surface area contributed by atoms with Gasteiger partial charge >= 0.3 is 6.18 Å². The van der Waals surface area contributed by atoms with Crippen molar-refractivity contribution in [3.63, 3.8) is 0 Å². The topological polar surface area (TPSA) is 72.9 Å². The second kappa shape index (κ2) is 7.57. The summed E-state index contributed by atoms with van der Waals surface area (Å²) in [6.45, 7) is 0. The molecule has 0 aliphatic carbocycles. The van der Waals surface area contributed by atoms with Gasteiger partial charge in [-0.3, -0.25) is 5.43 Å². The van der Waals surface area contributed by atoms with Crippen LogP contribution in [0.15, 0.2) is 63.9 Å². The molecule has 0 fully saturated rings. The molecule has 2 aromatic carbocycles. The number of halogens is 4. The van der Waals surface area contributed by atoms with Crippen molar-refractivity contribution in [3.8, 4) is 6.07 Å². The number of nitrogens with zero attached hydrogens (tertiary/aromatic N) is 4. The van der Waals surface area contributed by atoms with Gasteiger partial charge in [0, 0.05) is 5.02 Å². The second-order valence-electron chi connectivity index (χ2n) is 4.41. The zero-order valence-electron chi connectivity index (χ0n) is 11.9. The lowest BCUT2D eigenvalue weighted by Crippen LogP contribution is -2.05. The van der Waals surface area contributed by atoms with Crippen molar-refractivity contribution >= 4 is 28.8 Å². The van der Waals surface area contributed by atoms with E-state index in [1.165, 1.54) is 12.1 Å². The van der Waals surface area contributed by atoms with E-state index in [1.54, 1.807) is 30.3 Å². The average Bonchev–Trinajstić information content (AvgIpc) is 2.56. The van der Waals surface area contributed by atoms with Gasteiger partial charge in [-0.25, -0.2) is 0 Å². The van der Waals surface area contributed by atoms with Gasteiger partial charge in [-0.15, -0.1) is 15.3 Å². The fraction of sp³-hybridized carbons (Fsp3) is 0.0667. The summed E-state index contributed by atoms with van der Waals surface area (Å²) < 4.78 is 37.8. The Morgan fingerprint density at radius 1 is 1.12 bits per heavy atom. The van der Waals surface area contributed by atoms with Crippen LogP contribution in [0, 0.1) is 11.3 Å². The molecule has 122 valence electrons. The predicted octanol–water partition coefficient (Wildman–Crippen LogP) is 5.39. The molecule has 0 saturated carbocycles. The van der Waals surface area contributed by atoms with Crippen LogP contribution in [0.1, 0.15) is 5.56 Å². The Morgan fingerprint density at radius 2 is 1.83 bits per heavy atom. The number of rotatable bonds is 3. The first-order chi connectivity index (χ1) is 11.4. The number of nitriles is 1. The molecule has 24 heavy (non-hydrogen) atoms. The molecule has 0 aromatic heterocycles. The number of amidine groups is 1. The summed E-state index contributed by atoms with van der Waals surface area (Å²) in [5.41, 5.74) is 2.03. The van der Waals surface area contributed by atoms with Gasteiger partial charge in [0.1, 0.15) is 6.07 Å². The molecule has 0 heterocycles. The first-order valence-corrected chi connectivity index (χ1v) is 6.84. The number of anilines is 1. The first-order valence-electron chi connectivity index (χ1n) is 6.47. The fourth-order valence-corrected chi connectivity index (χ4v) is 1.69. The third-order valence-corrected chi connectivity index (χ3v) is 2.92. The second-order valence-corrected chi connectivity index (χ2v) is 4.85. The highest BCUT2D eigenvalue weighted by atomic mass is 35.5. The molecule has 0 bridgehead atoms. The lowest BCUT2D eigenvalue weighted by atomic mass is 10.2. The van der Waals surface area contributed by atoms with Crippen LogP contribution >= 0.6 is 11.6 Å². The molecule has 1 N–H and O–H groups in total. The van der Waals surface area contributed by atoms with Crippen LogP contribution in [-0.2, 0) is 6.18 Å². The van der Waals surface area contributed by atoms with Crippen molar-refractivity contribution in [2.75, 3.05) is 5.43 Å². The molecular weight excluding hydrogens is 343 g/mol. The summed E-state index contributed by atoms with van der Waals surface area (Å²) in [4.78, 5) is 0. The summed E-state index contributed by atoms with van der Waals surface area (Å²) in [5.74, 6) is -0.345. The molecule has 0 amide bonds. The van der Waals surface area contributed by atoms with Gasteiger partial charge in [-0.1, -0.05) is 17.7 Å². The lowest BCUT2D eigenvalue weighted by molar-refractivity contribution is -0.137. The maximum Gasteiger partial charge on any atom is 0.416 e. The molecule has 5 nitrogen and oxygen atoms in total. The van der Waals surface area contributed by atoms with E-state index in [-0.39, 0.29) is 11.5 Å². The highest BCUT2D eigenvalue weighted by Gasteiger charge is 2.30. The van der Waals surface area contributed by atoms with Crippen LogP contribution < -0.4 is 5.43 Å². The number of hydrazone groups is 1. The van der Waals surface area contributed by atoms with Crippen molar-refractivity contribution in [3.05, 3.63) is 59.1 Å². The molecular formula is C15H9ClF3N5. The number of hydrogen-bond donors (Lipinski definition) is 1. The van der Waals surface area contributed by atoms with Gasteiger partial charge in [0.05, 0.1) is 16.9 Å². The Hall–Kier alpha value is -2.92. The van der Waals surface area contributed by atoms with E-state index in [0.29, 0.717) is 10.7 Å². The van der Waals surface area contributed by atoms with Gasteiger partial charge in [0.25, 0.3) is 5.84 Å². The predicted molar refractivity (Wildman–Crippen MR) is 84.1 cm³/mol. The monoisotopic (exact) mass is 351 g/mol. The molecule has 0 aliphatic heterocycles. The van der Waals surface area contributed by atoms with Crippen molar-refractivity contribution in [1.29, 1.82) is 5.26 Å². The molecule has 0 atom stereocenters. The summed E-state index contributed by atoms with van der Waals surface area (Å²) in [7, 11) is 0. The normalized spacial score (nSPS) is 12.2. The maximum atomic E-state index is 12.6. The lowest BCUT2D eigenvalue weighted by Gasteiger charge is -2.07. The van der Waals surface area contributed by atoms with Crippen LogP contribution in [0.25, 0.3) is 0 Å².